The van der Waals surface area contributed by atoms with Crippen molar-refractivity contribution >= 4 is 5.97 Å². The molecule has 26 heavy (non-hydrogen) atoms. The summed E-state index contributed by atoms with van der Waals surface area (Å²) in [6.45, 7) is 0.894. The number of piperidine rings is 1. The maximum Gasteiger partial charge on any atom is 0.416 e. The zero-order valence-electron chi connectivity index (χ0n) is 14.1. The molecule has 1 aliphatic heterocycles. The van der Waals surface area contributed by atoms with Crippen molar-refractivity contribution in [3.05, 3.63) is 71.3 Å². The van der Waals surface area contributed by atoms with Gasteiger partial charge < -0.3 is 5.11 Å². The van der Waals surface area contributed by atoms with Crippen molar-refractivity contribution in [2.45, 2.75) is 25.1 Å². The van der Waals surface area contributed by atoms with E-state index < -0.39 is 29.7 Å². The Labute approximate surface area is 150 Å². The van der Waals surface area contributed by atoms with Crippen molar-refractivity contribution in [2.24, 2.45) is 5.92 Å². The summed E-state index contributed by atoms with van der Waals surface area (Å²) in [6, 6.07) is 14.2. The summed E-state index contributed by atoms with van der Waals surface area (Å²) < 4.78 is 40.7. The largest absolute Gasteiger partial charge is 0.481 e. The highest BCUT2D eigenvalue weighted by Gasteiger charge is 2.38. The van der Waals surface area contributed by atoms with Crippen LogP contribution in [0.1, 0.15) is 35.6 Å². The van der Waals surface area contributed by atoms with E-state index in [1.54, 1.807) is 6.07 Å². The number of carboxylic acid groups (broad SMARTS) is 1. The molecule has 2 aromatic carbocycles. The normalized spacial score (nSPS) is 17.8. The first-order valence-electron chi connectivity index (χ1n) is 8.56. The average molecular weight is 363 g/mol. The summed E-state index contributed by atoms with van der Waals surface area (Å²) in [5.74, 6) is -1.27. The fraction of sp³-hybridized carbons (Fsp3) is 0.350. The summed E-state index contributed by atoms with van der Waals surface area (Å²) in [6.07, 6.45) is -3.57. The van der Waals surface area contributed by atoms with Crippen molar-refractivity contribution in [2.75, 3.05) is 13.1 Å². The minimum absolute atomic E-state index is 0.208. The Balaban J connectivity index is 2.01. The predicted molar refractivity (Wildman–Crippen MR) is 91.7 cm³/mol. The number of hydrogen-bond acceptors (Lipinski definition) is 2. The van der Waals surface area contributed by atoms with Crippen LogP contribution in [0, 0.1) is 5.92 Å². The third-order valence-electron chi connectivity index (χ3n) is 4.92. The molecule has 0 radical (unpaired) electrons. The second kappa shape index (κ2) is 7.50. The van der Waals surface area contributed by atoms with Crippen LogP contribution in [0.5, 0.6) is 0 Å². The molecule has 3 nitrogen and oxygen atoms in total. The van der Waals surface area contributed by atoms with Gasteiger partial charge in [-0.1, -0.05) is 48.5 Å². The lowest BCUT2D eigenvalue weighted by molar-refractivity contribution is -0.143. The van der Waals surface area contributed by atoms with Crippen molar-refractivity contribution in [3.63, 3.8) is 0 Å². The Morgan fingerprint density at radius 1 is 1.00 bits per heavy atom. The number of aliphatic carboxylic acids is 1. The Kier molecular flexibility index (Phi) is 5.32. The number of rotatable bonds is 4. The highest BCUT2D eigenvalue weighted by molar-refractivity contribution is 5.70. The first-order chi connectivity index (χ1) is 12.4. The molecule has 0 saturated carbocycles. The van der Waals surface area contributed by atoms with Gasteiger partial charge in [-0.3, -0.25) is 9.69 Å². The van der Waals surface area contributed by atoms with Gasteiger partial charge in [0.25, 0.3) is 0 Å². The van der Waals surface area contributed by atoms with Gasteiger partial charge in [0.05, 0.1) is 17.5 Å². The fourth-order valence-electron chi connectivity index (χ4n) is 3.62. The summed E-state index contributed by atoms with van der Waals surface area (Å²) >= 11 is 0. The number of carbonyl (C=O) groups is 1. The number of likely N-dealkylation sites (tertiary alicyclic amines) is 1. The number of nitrogens with zero attached hydrogens (tertiary/aromatic N) is 1. The molecule has 1 aliphatic rings. The minimum atomic E-state index is -4.44. The second-order valence-electron chi connectivity index (χ2n) is 6.55. The predicted octanol–water partition coefficient (Wildman–Crippen LogP) is 4.59. The molecule has 2 aromatic rings. The monoisotopic (exact) mass is 363 g/mol. The van der Waals surface area contributed by atoms with Crippen LogP contribution in [0.2, 0.25) is 0 Å². The van der Waals surface area contributed by atoms with Crippen LogP contribution in [-0.4, -0.2) is 29.1 Å². The molecule has 0 spiro atoms. The molecular formula is C20H20F3NO2. The third-order valence-corrected chi connectivity index (χ3v) is 4.92. The molecule has 0 aliphatic carbocycles. The molecule has 1 atom stereocenters. The van der Waals surface area contributed by atoms with Crippen LogP contribution in [0.25, 0.3) is 0 Å². The van der Waals surface area contributed by atoms with Gasteiger partial charge in [-0.2, -0.15) is 13.2 Å². The summed E-state index contributed by atoms with van der Waals surface area (Å²) in [5.41, 5.74) is 0.340. The molecule has 1 unspecified atom stereocenters. The van der Waals surface area contributed by atoms with Gasteiger partial charge in [0.15, 0.2) is 0 Å². The van der Waals surface area contributed by atoms with Crippen molar-refractivity contribution < 1.29 is 23.1 Å². The molecule has 3 rings (SSSR count). The van der Waals surface area contributed by atoms with Crippen LogP contribution in [0.15, 0.2) is 54.6 Å². The quantitative estimate of drug-likeness (QED) is 0.864. The smallest absolute Gasteiger partial charge is 0.416 e. The van der Waals surface area contributed by atoms with E-state index in [9.17, 15) is 23.1 Å². The van der Waals surface area contributed by atoms with E-state index in [0.29, 0.717) is 25.9 Å². The zero-order valence-corrected chi connectivity index (χ0v) is 14.1. The van der Waals surface area contributed by atoms with Crippen LogP contribution < -0.4 is 0 Å². The summed E-state index contributed by atoms with van der Waals surface area (Å²) in [4.78, 5) is 13.1. The molecule has 0 amide bonds. The molecule has 0 bridgehead atoms. The van der Waals surface area contributed by atoms with Gasteiger partial charge in [0.1, 0.15) is 0 Å². The zero-order chi connectivity index (χ0) is 18.7. The number of benzene rings is 2. The highest BCUT2D eigenvalue weighted by Crippen LogP contribution is 2.40. The molecular weight excluding hydrogens is 343 g/mol. The van der Waals surface area contributed by atoms with Gasteiger partial charge >= 0.3 is 12.1 Å². The minimum Gasteiger partial charge on any atom is -0.481 e. The first kappa shape index (κ1) is 18.5. The fourth-order valence-corrected chi connectivity index (χ4v) is 3.62. The lowest BCUT2D eigenvalue weighted by Crippen LogP contribution is -2.39. The number of alkyl halides is 3. The van der Waals surface area contributed by atoms with E-state index >= 15 is 0 Å². The Morgan fingerprint density at radius 3 is 2.15 bits per heavy atom. The van der Waals surface area contributed by atoms with Crippen molar-refractivity contribution in [1.29, 1.82) is 0 Å². The maximum absolute atomic E-state index is 13.6. The second-order valence-corrected chi connectivity index (χ2v) is 6.55. The number of hydrogen-bond donors (Lipinski definition) is 1. The number of halogens is 3. The topological polar surface area (TPSA) is 40.5 Å². The molecule has 1 heterocycles. The lowest BCUT2D eigenvalue weighted by atomic mass is 9.89. The van der Waals surface area contributed by atoms with Crippen LogP contribution in [0.3, 0.4) is 0 Å². The third kappa shape index (κ3) is 3.90. The lowest BCUT2D eigenvalue weighted by Gasteiger charge is -2.38. The van der Waals surface area contributed by atoms with Crippen LogP contribution in [0.4, 0.5) is 13.2 Å². The molecule has 1 saturated heterocycles. The van der Waals surface area contributed by atoms with Crippen molar-refractivity contribution in [3.8, 4) is 0 Å². The van der Waals surface area contributed by atoms with E-state index in [1.165, 1.54) is 12.1 Å². The molecule has 1 fully saturated rings. The first-order valence-corrected chi connectivity index (χ1v) is 8.56. The molecule has 6 heteroatoms. The standard InChI is InChI=1S/C20H20F3NO2/c21-20(22,23)17-9-5-4-8-16(17)18(14-6-2-1-3-7-14)24-12-10-15(11-13-24)19(25)26/h1-9,15,18H,10-13H2,(H,25,26). The van der Waals surface area contributed by atoms with E-state index in [0.717, 1.165) is 11.6 Å². The van der Waals surface area contributed by atoms with E-state index in [4.69, 9.17) is 0 Å². The van der Waals surface area contributed by atoms with Gasteiger partial charge in [0, 0.05) is 0 Å². The Morgan fingerprint density at radius 2 is 1.58 bits per heavy atom. The Hall–Kier alpha value is -2.34. The van der Waals surface area contributed by atoms with E-state index in [2.05, 4.69) is 0 Å². The SMILES string of the molecule is O=C(O)C1CCN(C(c2ccccc2)c2ccccc2C(F)(F)F)CC1. The van der Waals surface area contributed by atoms with Crippen molar-refractivity contribution in [1.82, 2.24) is 4.90 Å². The van der Waals surface area contributed by atoms with Gasteiger partial charge in [-0.15, -0.1) is 0 Å². The summed E-state index contributed by atoms with van der Waals surface area (Å²) in [5, 5.41) is 9.18. The van der Waals surface area contributed by atoms with Crippen LogP contribution >= 0.6 is 0 Å². The molecule has 138 valence electrons. The Bertz CT molecular complexity index is 753. The molecule has 1 N–H and O–H groups in total. The summed E-state index contributed by atoms with van der Waals surface area (Å²) in [7, 11) is 0. The molecule has 0 aromatic heterocycles. The number of carboxylic acids is 1. The van der Waals surface area contributed by atoms with Crippen LogP contribution in [-0.2, 0) is 11.0 Å². The highest BCUT2D eigenvalue weighted by atomic mass is 19.4. The van der Waals surface area contributed by atoms with Gasteiger partial charge in [0.2, 0.25) is 0 Å². The maximum atomic E-state index is 13.6. The van der Waals surface area contributed by atoms with E-state index in [1.807, 2.05) is 35.2 Å². The van der Waals surface area contributed by atoms with Gasteiger partial charge in [-0.05, 0) is 43.1 Å². The van der Waals surface area contributed by atoms with E-state index in [-0.39, 0.29) is 5.56 Å². The average Bonchev–Trinajstić information content (AvgIpc) is 2.63. The van der Waals surface area contributed by atoms with Gasteiger partial charge in [-0.25, -0.2) is 0 Å².